The molecule has 1 aliphatic heterocycles. The van der Waals surface area contributed by atoms with E-state index in [0.29, 0.717) is 35.4 Å². The van der Waals surface area contributed by atoms with Gasteiger partial charge in [-0.3, -0.25) is 4.79 Å². The molecule has 0 fully saturated rings. The Morgan fingerprint density at radius 1 is 1.09 bits per heavy atom. The molecule has 1 aromatic heterocycles. The fraction of sp³-hybridized carbons (Fsp3) is 0.217. The number of ether oxygens (including phenoxy) is 1. The van der Waals surface area contributed by atoms with Gasteiger partial charge >= 0.3 is 5.97 Å². The summed E-state index contributed by atoms with van der Waals surface area (Å²) >= 11 is 0. The molecule has 3 aromatic rings. The maximum atomic E-state index is 13.5. The first-order chi connectivity index (χ1) is 15.7. The predicted octanol–water partition coefficient (Wildman–Crippen LogP) is 2.71. The molecule has 170 valence electrons. The summed E-state index contributed by atoms with van der Waals surface area (Å²) in [6.45, 7) is 1.99. The third kappa shape index (κ3) is 4.29. The number of hydrogen-bond acceptors (Lipinski definition) is 8. The number of carbonyl (C=O) groups is 2. The molecule has 10 heteroatoms. The third-order valence-electron chi connectivity index (χ3n) is 5.29. The molecular weight excluding hydrogens is 446 g/mol. The average Bonchev–Trinajstić information content (AvgIpc) is 3.43. The summed E-state index contributed by atoms with van der Waals surface area (Å²) in [6.07, 6.45) is 2.84. The van der Waals surface area contributed by atoms with E-state index in [1.165, 1.54) is 23.0 Å². The zero-order valence-electron chi connectivity index (χ0n) is 18.2. The molecule has 2 heterocycles. The van der Waals surface area contributed by atoms with Crippen molar-refractivity contribution in [1.82, 2.24) is 9.78 Å². The van der Waals surface area contributed by atoms with Crippen molar-refractivity contribution in [3.63, 3.8) is 0 Å². The van der Waals surface area contributed by atoms with Crippen LogP contribution >= 0.6 is 0 Å². The number of esters is 1. The normalized spacial score (nSPS) is 13.4. The van der Waals surface area contributed by atoms with Gasteiger partial charge in [-0.05, 0) is 36.8 Å². The first kappa shape index (κ1) is 22.4. The predicted molar refractivity (Wildman–Crippen MR) is 119 cm³/mol. The molecule has 2 aromatic carbocycles. The molecule has 9 nitrogen and oxygen atoms in total. The fourth-order valence-electron chi connectivity index (χ4n) is 3.65. The lowest BCUT2D eigenvalue weighted by Gasteiger charge is -2.14. The van der Waals surface area contributed by atoms with Gasteiger partial charge in [0.1, 0.15) is 12.2 Å². The number of oxime groups is 1. The molecule has 0 atom stereocenters. The largest absolute Gasteiger partial charge is 0.403 e. The lowest BCUT2D eigenvalue weighted by molar-refractivity contribution is 0.0718. The Balaban J connectivity index is 1.77. The molecule has 0 saturated heterocycles. The van der Waals surface area contributed by atoms with Gasteiger partial charge in [0.05, 0.1) is 22.4 Å². The minimum atomic E-state index is -3.58. The van der Waals surface area contributed by atoms with Gasteiger partial charge in [-0.25, -0.2) is 17.9 Å². The maximum Gasteiger partial charge on any atom is 0.344 e. The van der Waals surface area contributed by atoms with Crippen LogP contribution in [0.1, 0.15) is 43.8 Å². The van der Waals surface area contributed by atoms with Crippen LogP contribution in [0.3, 0.4) is 0 Å². The highest BCUT2D eigenvalue weighted by Gasteiger charge is 2.28. The van der Waals surface area contributed by atoms with E-state index in [1.54, 1.807) is 44.3 Å². The van der Waals surface area contributed by atoms with Crippen molar-refractivity contribution in [1.29, 1.82) is 0 Å². The molecule has 0 radical (unpaired) electrons. The molecule has 33 heavy (non-hydrogen) atoms. The standard InChI is InChI=1S/C23H21N3O6S/c1-14-16(9-10-19(33(3,29)30)20(14)18-11-12-31-25-18)21(27)17-13-24-26(2)22(17)32-23(28)15-7-5-4-6-8-15/h4-10,13H,11-12H2,1-3H3. The van der Waals surface area contributed by atoms with Gasteiger partial charge in [0.25, 0.3) is 0 Å². The van der Waals surface area contributed by atoms with Crippen LogP contribution in [0.5, 0.6) is 5.88 Å². The Morgan fingerprint density at radius 2 is 1.82 bits per heavy atom. The average molecular weight is 468 g/mol. The van der Waals surface area contributed by atoms with E-state index in [9.17, 15) is 18.0 Å². The second kappa shape index (κ2) is 8.62. The molecule has 0 spiro atoms. The van der Waals surface area contributed by atoms with E-state index < -0.39 is 21.6 Å². The lowest BCUT2D eigenvalue weighted by atomic mass is 9.93. The van der Waals surface area contributed by atoms with Crippen molar-refractivity contribution in [3.8, 4) is 5.88 Å². The summed E-state index contributed by atoms with van der Waals surface area (Å²) in [5.41, 5.74) is 1.91. The van der Waals surface area contributed by atoms with Crippen LogP contribution in [0.4, 0.5) is 0 Å². The van der Waals surface area contributed by atoms with Crippen LogP contribution in [0.25, 0.3) is 0 Å². The smallest absolute Gasteiger partial charge is 0.344 e. The van der Waals surface area contributed by atoms with Crippen LogP contribution in [-0.4, -0.2) is 48.5 Å². The number of carbonyl (C=O) groups excluding carboxylic acids is 2. The van der Waals surface area contributed by atoms with Crippen molar-refractivity contribution in [2.45, 2.75) is 18.2 Å². The first-order valence-electron chi connectivity index (χ1n) is 10.0. The van der Waals surface area contributed by atoms with Gasteiger partial charge < -0.3 is 9.57 Å². The molecule has 1 aliphatic rings. The summed E-state index contributed by atoms with van der Waals surface area (Å²) in [5, 5.41) is 8.04. The number of hydrogen-bond donors (Lipinski definition) is 0. The minimum Gasteiger partial charge on any atom is -0.403 e. The molecule has 0 saturated carbocycles. The Morgan fingerprint density at radius 3 is 2.45 bits per heavy atom. The number of aromatic nitrogens is 2. The topological polar surface area (TPSA) is 117 Å². The molecule has 0 amide bonds. The number of nitrogens with zero attached hydrogens (tertiary/aromatic N) is 3. The van der Waals surface area contributed by atoms with E-state index in [4.69, 9.17) is 9.57 Å². The first-order valence-corrected chi connectivity index (χ1v) is 11.9. The maximum absolute atomic E-state index is 13.5. The highest BCUT2D eigenvalue weighted by molar-refractivity contribution is 7.90. The zero-order valence-corrected chi connectivity index (χ0v) is 19.0. The van der Waals surface area contributed by atoms with Gasteiger partial charge in [0.2, 0.25) is 5.88 Å². The summed E-state index contributed by atoms with van der Waals surface area (Å²) in [5.74, 6) is -1.10. The number of aryl methyl sites for hydroxylation is 1. The summed E-state index contributed by atoms with van der Waals surface area (Å²) < 4.78 is 31.5. The Bertz CT molecular complexity index is 1390. The van der Waals surface area contributed by atoms with Crippen LogP contribution in [-0.2, 0) is 21.7 Å². The minimum absolute atomic E-state index is 0.0106. The van der Waals surface area contributed by atoms with Crippen molar-refractivity contribution in [2.75, 3.05) is 12.9 Å². The van der Waals surface area contributed by atoms with Crippen molar-refractivity contribution in [2.24, 2.45) is 12.2 Å². The molecule has 0 aliphatic carbocycles. The SMILES string of the molecule is Cc1c(C(=O)c2cnn(C)c2OC(=O)c2ccccc2)ccc(S(C)(=O)=O)c1C1=NOCC1. The van der Waals surface area contributed by atoms with Crippen LogP contribution in [0, 0.1) is 6.92 Å². The second-order valence-corrected chi connectivity index (χ2v) is 9.56. The summed E-state index contributed by atoms with van der Waals surface area (Å²) in [4.78, 5) is 31.2. The fourth-order valence-corrected chi connectivity index (χ4v) is 4.61. The molecule has 0 bridgehead atoms. The van der Waals surface area contributed by atoms with Crippen molar-refractivity contribution >= 4 is 27.3 Å². The van der Waals surface area contributed by atoms with E-state index in [1.807, 2.05) is 0 Å². The second-order valence-electron chi connectivity index (χ2n) is 7.58. The summed E-state index contributed by atoms with van der Waals surface area (Å²) in [6, 6.07) is 11.2. The quantitative estimate of drug-likeness (QED) is 0.404. The van der Waals surface area contributed by atoms with Crippen molar-refractivity contribution < 1.29 is 27.6 Å². The van der Waals surface area contributed by atoms with E-state index >= 15 is 0 Å². The highest BCUT2D eigenvalue weighted by atomic mass is 32.2. The van der Waals surface area contributed by atoms with Crippen LogP contribution in [0.15, 0.2) is 58.7 Å². The molecule has 0 unspecified atom stereocenters. The number of rotatable bonds is 6. The molecule has 0 N–H and O–H groups in total. The van der Waals surface area contributed by atoms with E-state index in [-0.39, 0.29) is 21.9 Å². The van der Waals surface area contributed by atoms with Gasteiger partial charge in [-0.1, -0.05) is 23.4 Å². The van der Waals surface area contributed by atoms with Gasteiger partial charge in [0.15, 0.2) is 15.6 Å². The van der Waals surface area contributed by atoms with Gasteiger partial charge in [-0.15, -0.1) is 0 Å². The Kier molecular flexibility index (Phi) is 5.86. The third-order valence-corrected chi connectivity index (χ3v) is 6.43. The molecule has 4 rings (SSSR count). The van der Waals surface area contributed by atoms with Gasteiger partial charge in [0, 0.05) is 30.9 Å². The highest BCUT2D eigenvalue weighted by Crippen LogP contribution is 2.30. The Hall–Kier alpha value is -3.79. The Labute approximate surface area is 190 Å². The summed E-state index contributed by atoms with van der Waals surface area (Å²) in [7, 11) is -2.03. The van der Waals surface area contributed by atoms with Gasteiger partial charge in [-0.2, -0.15) is 5.10 Å². The lowest BCUT2D eigenvalue weighted by Crippen LogP contribution is -2.16. The number of benzene rings is 2. The number of ketones is 1. The molecular formula is C23H21N3O6S. The monoisotopic (exact) mass is 467 g/mol. The van der Waals surface area contributed by atoms with E-state index in [0.717, 1.165) is 6.26 Å². The van der Waals surface area contributed by atoms with Crippen LogP contribution < -0.4 is 4.74 Å². The zero-order chi connectivity index (χ0) is 23.8. The van der Waals surface area contributed by atoms with Crippen LogP contribution in [0.2, 0.25) is 0 Å². The van der Waals surface area contributed by atoms with Crippen molar-refractivity contribution in [3.05, 3.63) is 76.5 Å². The van der Waals surface area contributed by atoms with E-state index in [2.05, 4.69) is 10.3 Å². The number of sulfone groups is 1.